The van der Waals surface area contributed by atoms with Crippen molar-refractivity contribution < 1.29 is 0 Å². The van der Waals surface area contributed by atoms with Gasteiger partial charge in [0.15, 0.2) is 0 Å². The standard InChI is InChI=1S/C20H17N5O/c21-24-20-23-18-9-5-4-8-17(18)19(26)25(20)16-12-10-15(11-13-16)22-14-6-2-1-3-7-14/h1-13,22H,21H2,(H,23,24). The average molecular weight is 343 g/mol. The predicted molar refractivity (Wildman–Crippen MR) is 105 cm³/mol. The molecule has 4 N–H and O–H groups in total. The summed E-state index contributed by atoms with van der Waals surface area (Å²) in [4.78, 5) is 17.3. The molecule has 0 atom stereocenters. The highest BCUT2D eigenvalue weighted by Crippen LogP contribution is 2.20. The number of para-hydroxylation sites is 2. The Bertz CT molecular complexity index is 1100. The molecule has 6 nitrogen and oxygen atoms in total. The highest BCUT2D eigenvalue weighted by Gasteiger charge is 2.11. The van der Waals surface area contributed by atoms with E-state index >= 15 is 0 Å². The van der Waals surface area contributed by atoms with E-state index in [1.165, 1.54) is 4.57 Å². The number of benzene rings is 3. The number of aromatic nitrogens is 2. The Morgan fingerprint density at radius 3 is 2.19 bits per heavy atom. The monoisotopic (exact) mass is 343 g/mol. The second-order valence-electron chi connectivity index (χ2n) is 5.78. The maximum Gasteiger partial charge on any atom is 0.267 e. The van der Waals surface area contributed by atoms with Gasteiger partial charge in [-0.1, -0.05) is 30.3 Å². The summed E-state index contributed by atoms with van der Waals surface area (Å²) >= 11 is 0. The zero-order valence-electron chi connectivity index (χ0n) is 13.9. The SMILES string of the molecule is NNc1nc2ccccc2c(=O)n1-c1ccc(Nc2ccccc2)cc1. The first-order valence-corrected chi connectivity index (χ1v) is 8.17. The van der Waals surface area contributed by atoms with E-state index in [0.717, 1.165) is 11.4 Å². The summed E-state index contributed by atoms with van der Waals surface area (Å²) in [5.41, 5.74) is 5.54. The lowest BCUT2D eigenvalue weighted by molar-refractivity contribution is 0.956. The fraction of sp³-hybridized carbons (Fsp3) is 0. The van der Waals surface area contributed by atoms with E-state index in [1.54, 1.807) is 12.1 Å². The Morgan fingerprint density at radius 2 is 1.46 bits per heavy atom. The molecule has 0 aliphatic rings. The molecule has 0 unspecified atom stereocenters. The summed E-state index contributed by atoms with van der Waals surface area (Å²) in [6, 6.07) is 24.6. The van der Waals surface area contributed by atoms with Crippen LogP contribution < -0.4 is 22.1 Å². The number of hydrazine groups is 1. The molecule has 128 valence electrons. The van der Waals surface area contributed by atoms with Gasteiger partial charge < -0.3 is 5.32 Å². The molecule has 0 amide bonds. The van der Waals surface area contributed by atoms with Crippen molar-refractivity contribution in [1.82, 2.24) is 9.55 Å². The van der Waals surface area contributed by atoms with Crippen molar-refractivity contribution in [3.05, 3.63) is 89.2 Å². The maximum absolute atomic E-state index is 12.9. The molecule has 4 aromatic rings. The van der Waals surface area contributed by atoms with Gasteiger partial charge in [0.25, 0.3) is 5.56 Å². The summed E-state index contributed by atoms with van der Waals surface area (Å²) in [6.07, 6.45) is 0. The summed E-state index contributed by atoms with van der Waals surface area (Å²) in [5, 5.41) is 3.85. The zero-order chi connectivity index (χ0) is 17.9. The molecule has 0 aliphatic carbocycles. The minimum atomic E-state index is -0.174. The number of nitrogens with zero attached hydrogens (tertiary/aromatic N) is 2. The fourth-order valence-corrected chi connectivity index (χ4v) is 2.85. The summed E-state index contributed by atoms with van der Waals surface area (Å²) in [6.45, 7) is 0. The second kappa shape index (κ2) is 6.70. The minimum absolute atomic E-state index is 0.174. The molecule has 0 saturated heterocycles. The third kappa shape index (κ3) is 2.89. The topological polar surface area (TPSA) is 85.0 Å². The van der Waals surface area contributed by atoms with Gasteiger partial charge in [0, 0.05) is 11.4 Å². The van der Waals surface area contributed by atoms with Crippen LogP contribution in [0.3, 0.4) is 0 Å². The van der Waals surface area contributed by atoms with Crippen molar-refractivity contribution >= 4 is 28.2 Å². The molecule has 4 rings (SSSR count). The van der Waals surface area contributed by atoms with Gasteiger partial charge in [0.2, 0.25) is 5.95 Å². The third-order valence-corrected chi connectivity index (χ3v) is 4.09. The lowest BCUT2D eigenvalue weighted by atomic mass is 10.2. The van der Waals surface area contributed by atoms with Gasteiger partial charge in [-0.25, -0.2) is 15.4 Å². The molecule has 0 radical (unpaired) electrons. The third-order valence-electron chi connectivity index (χ3n) is 4.09. The van der Waals surface area contributed by atoms with E-state index in [4.69, 9.17) is 5.84 Å². The first-order valence-electron chi connectivity index (χ1n) is 8.17. The largest absolute Gasteiger partial charge is 0.356 e. The van der Waals surface area contributed by atoms with Crippen molar-refractivity contribution in [3.63, 3.8) is 0 Å². The molecular formula is C20H17N5O. The number of hydrogen-bond donors (Lipinski definition) is 3. The molecule has 0 aliphatic heterocycles. The van der Waals surface area contributed by atoms with E-state index in [-0.39, 0.29) is 11.5 Å². The van der Waals surface area contributed by atoms with Gasteiger partial charge >= 0.3 is 0 Å². The average Bonchev–Trinajstić information content (AvgIpc) is 2.69. The minimum Gasteiger partial charge on any atom is -0.356 e. The molecule has 1 heterocycles. The summed E-state index contributed by atoms with van der Waals surface area (Å²) in [5.74, 6) is 5.88. The van der Waals surface area contributed by atoms with Crippen LogP contribution in [0.2, 0.25) is 0 Å². The lowest BCUT2D eigenvalue weighted by Gasteiger charge is -2.13. The van der Waals surface area contributed by atoms with Gasteiger partial charge in [-0.2, -0.15) is 0 Å². The van der Waals surface area contributed by atoms with Gasteiger partial charge in [-0.15, -0.1) is 0 Å². The van der Waals surface area contributed by atoms with E-state index in [2.05, 4.69) is 15.7 Å². The number of fused-ring (bicyclic) bond motifs is 1. The number of anilines is 3. The Kier molecular flexibility index (Phi) is 4.09. The zero-order valence-corrected chi connectivity index (χ0v) is 13.9. The second-order valence-corrected chi connectivity index (χ2v) is 5.78. The van der Waals surface area contributed by atoms with Crippen LogP contribution >= 0.6 is 0 Å². The van der Waals surface area contributed by atoms with E-state index < -0.39 is 0 Å². The first kappa shape index (κ1) is 15.9. The van der Waals surface area contributed by atoms with E-state index in [0.29, 0.717) is 16.6 Å². The molecule has 26 heavy (non-hydrogen) atoms. The number of nitrogens with two attached hydrogens (primary N) is 1. The van der Waals surface area contributed by atoms with Crippen LogP contribution in [0.1, 0.15) is 0 Å². The summed E-state index contributed by atoms with van der Waals surface area (Å²) in [7, 11) is 0. The smallest absolute Gasteiger partial charge is 0.267 e. The van der Waals surface area contributed by atoms with Crippen LogP contribution in [0.5, 0.6) is 0 Å². The van der Waals surface area contributed by atoms with Gasteiger partial charge in [0.05, 0.1) is 16.6 Å². The maximum atomic E-state index is 12.9. The molecular weight excluding hydrogens is 326 g/mol. The highest BCUT2D eigenvalue weighted by atomic mass is 16.1. The summed E-state index contributed by atoms with van der Waals surface area (Å²) < 4.78 is 1.47. The van der Waals surface area contributed by atoms with Crippen LogP contribution in [0.25, 0.3) is 16.6 Å². The predicted octanol–water partition coefficient (Wildman–Crippen LogP) is 3.41. The number of rotatable bonds is 4. The Morgan fingerprint density at radius 1 is 0.808 bits per heavy atom. The van der Waals surface area contributed by atoms with Crippen LogP contribution in [-0.4, -0.2) is 9.55 Å². The van der Waals surface area contributed by atoms with Crippen molar-refractivity contribution in [3.8, 4) is 5.69 Å². The Hall–Kier alpha value is -3.64. The Balaban J connectivity index is 1.76. The highest BCUT2D eigenvalue weighted by molar-refractivity contribution is 5.79. The van der Waals surface area contributed by atoms with Gasteiger partial charge in [-0.05, 0) is 48.5 Å². The quantitative estimate of drug-likeness (QED) is 0.390. The lowest BCUT2D eigenvalue weighted by Crippen LogP contribution is -2.25. The van der Waals surface area contributed by atoms with Crippen molar-refractivity contribution in [2.24, 2.45) is 5.84 Å². The van der Waals surface area contributed by atoms with Crippen LogP contribution in [-0.2, 0) is 0 Å². The normalized spacial score (nSPS) is 10.7. The number of nitrogen functional groups attached to an aromatic ring is 1. The van der Waals surface area contributed by atoms with Crippen molar-refractivity contribution in [2.45, 2.75) is 0 Å². The molecule has 1 aromatic heterocycles. The van der Waals surface area contributed by atoms with Gasteiger partial charge in [-0.3, -0.25) is 10.2 Å². The van der Waals surface area contributed by atoms with Crippen LogP contribution in [0.4, 0.5) is 17.3 Å². The number of hydrogen-bond acceptors (Lipinski definition) is 5. The molecule has 3 aromatic carbocycles. The van der Waals surface area contributed by atoms with Crippen molar-refractivity contribution in [2.75, 3.05) is 10.7 Å². The van der Waals surface area contributed by atoms with E-state index in [1.807, 2.05) is 66.7 Å². The fourth-order valence-electron chi connectivity index (χ4n) is 2.85. The van der Waals surface area contributed by atoms with Gasteiger partial charge in [0.1, 0.15) is 0 Å². The van der Waals surface area contributed by atoms with E-state index in [9.17, 15) is 4.79 Å². The molecule has 0 saturated carbocycles. The van der Waals surface area contributed by atoms with Crippen LogP contribution in [0, 0.1) is 0 Å². The van der Waals surface area contributed by atoms with Crippen LogP contribution in [0.15, 0.2) is 83.7 Å². The van der Waals surface area contributed by atoms with Crippen molar-refractivity contribution in [1.29, 1.82) is 0 Å². The molecule has 6 heteroatoms. The first-order chi connectivity index (χ1) is 12.8. The Labute approximate surface area is 149 Å². The molecule has 0 bridgehead atoms. The molecule has 0 fully saturated rings. The number of nitrogens with one attached hydrogen (secondary N) is 2. The molecule has 0 spiro atoms.